The molecule has 0 bridgehead atoms. The van der Waals surface area contributed by atoms with Crippen molar-refractivity contribution in [2.75, 3.05) is 10.6 Å². The van der Waals surface area contributed by atoms with E-state index in [0.29, 0.717) is 32.1 Å². The molecule has 0 aliphatic heterocycles. The van der Waals surface area contributed by atoms with Gasteiger partial charge in [-0.2, -0.15) is 0 Å². The van der Waals surface area contributed by atoms with Gasteiger partial charge in [-0.05, 0) is 49.7 Å². The van der Waals surface area contributed by atoms with Gasteiger partial charge in [0.25, 0.3) is 5.91 Å². The first-order valence-electron chi connectivity index (χ1n) is 8.47. The maximum Gasteiger partial charge on any atom is 0.278 e. The van der Waals surface area contributed by atoms with Crippen LogP contribution in [-0.4, -0.2) is 26.8 Å². The topological polar surface area (TPSA) is 88.9 Å². The number of halogens is 3. The van der Waals surface area contributed by atoms with Crippen LogP contribution in [0.15, 0.2) is 36.4 Å². The molecular weight excluding hydrogens is 437 g/mol. The van der Waals surface area contributed by atoms with Gasteiger partial charge in [0.1, 0.15) is 6.54 Å². The van der Waals surface area contributed by atoms with Crippen LogP contribution in [0.5, 0.6) is 0 Å². The van der Waals surface area contributed by atoms with Gasteiger partial charge in [0.05, 0.1) is 15.7 Å². The predicted molar refractivity (Wildman–Crippen MR) is 114 cm³/mol. The lowest BCUT2D eigenvalue weighted by Gasteiger charge is -2.09. The Labute approximate surface area is 181 Å². The summed E-state index contributed by atoms with van der Waals surface area (Å²) in [4.78, 5) is 24.9. The van der Waals surface area contributed by atoms with Crippen LogP contribution < -0.4 is 10.6 Å². The Balaban J connectivity index is 1.69. The van der Waals surface area contributed by atoms with Crippen molar-refractivity contribution >= 4 is 58.0 Å². The van der Waals surface area contributed by atoms with Crippen molar-refractivity contribution in [1.82, 2.24) is 15.0 Å². The molecule has 3 rings (SSSR count). The van der Waals surface area contributed by atoms with Crippen molar-refractivity contribution in [3.8, 4) is 0 Å². The molecule has 0 radical (unpaired) electrons. The average molecular weight is 453 g/mol. The fourth-order valence-corrected chi connectivity index (χ4v) is 3.01. The Kier molecular flexibility index (Phi) is 6.42. The van der Waals surface area contributed by atoms with Gasteiger partial charge in [0.15, 0.2) is 5.69 Å². The van der Waals surface area contributed by atoms with E-state index in [1.807, 2.05) is 13.0 Å². The zero-order valence-corrected chi connectivity index (χ0v) is 17.7. The molecule has 0 atom stereocenters. The van der Waals surface area contributed by atoms with Crippen LogP contribution in [-0.2, 0) is 11.3 Å². The molecule has 2 N–H and O–H groups in total. The molecule has 1 aromatic heterocycles. The summed E-state index contributed by atoms with van der Waals surface area (Å²) in [5, 5.41) is 14.5. The van der Waals surface area contributed by atoms with Crippen molar-refractivity contribution in [2.45, 2.75) is 20.4 Å². The summed E-state index contributed by atoms with van der Waals surface area (Å²) in [5.74, 6) is -0.793. The first-order valence-corrected chi connectivity index (χ1v) is 9.60. The molecule has 0 saturated heterocycles. The Morgan fingerprint density at radius 1 is 1.00 bits per heavy atom. The lowest BCUT2D eigenvalue weighted by molar-refractivity contribution is -0.117. The second kappa shape index (κ2) is 8.82. The molecule has 0 spiro atoms. The highest BCUT2D eigenvalue weighted by atomic mass is 35.5. The molecule has 0 unspecified atom stereocenters. The third-order valence-electron chi connectivity index (χ3n) is 4.14. The molecule has 2 aromatic carbocycles. The van der Waals surface area contributed by atoms with Gasteiger partial charge < -0.3 is 10.6 Å². The summed E-state index contributed by atoms with van der Waals surface area (Å²) in [6.07, 6.45) is 0. The molecule has 0 aliphatic carbocycles. The summed E-state index contributed by atoms with van der Waals surface area (Å²) in [5.41, 5.74) is 2.49. The largest absolute Gasteiger partial charge is 0.324 e. The highest BCUT2D eigenvalue weighted by molar-refractivity contribution is 6.42. The number of hydrogen-bond acceptors (Lipinski definition) is 4. The van der Waals surface area contributed by atoms with Crippen LogP contribution in [0.1, 0.15) is 21.7 Å². The molecule has 7 nitrogen and oxygen atoms in total. The van der Waals surface area contributed by atoms with E-state index in [-0.39, 0.29) is 18.1 Å². The second-order valence-corrected chi connectivity index (χ2v) is 7.52. The van der Waals surface area contributed by atoms with Crippen molar-refractivity contribution in [3.63, 3.8) is 0 Å². The Morgan fingerprint density at radius 2 is 1.76 bits per heavy atom. The van der Waals surface area contributed by atoms with Crippen molar-refractivity contribution in [2.24, 2.45) is 0 Å². The number of carbonyl (C=O) groups is 2. The van der Waals surface area contributed by atoms with Crippen molar-refractivity contribution in [1.29, 1.82) is 0 Å². The molecule has 0 fully saturated rings. The molecule has 29 heavy (non-hydrogen) atoms. The second-order valence-electron chi connectivity index (χ2n) is 6.27. The summed E-state index contributed by atoms with van der Waals surface area (Å²) in [6.45, 7) is 3.41. The van der Waals surface area contributed by atoms with Gasteiger partial charge in [-0.15, -0.1) is 5.10 Å². The number of aryl methyl sites for hydroxylation is 1. The third-order valence-corrected chi connectivity index (χ3v) is 5.12. The molecule has 0 saturated carbocycles. The van der Waals surface area contributed by atoms with Gasteiger partial charge in [0.2, 0.25) is 5.91 Å². The average Bonchev–Trinajstić information content (AvgIpc) is 3.02. The molecule has 1 heterocycles. The highest BCUT2D eigenvalue weighted by Crippen LogP contribution is 2.25. The molecule has 10 heteroatoms. The van der Waals surface area contributed by atoms with E-state index < -0.39 is 5.91 Å². The first kappa shape index (κ1) is 21.1. The van der Waals surface area contributed by atoms with Gasteiger partial charge in [-0.3, -0.25) is 9.59 Å². The lowest BCUT2D eigenvalue weighted by atomic mass is 10.2. The zero-order valence-electron chi connectivity index (χ0n) is 15.5. The van der Waals surface area contributed by atoms with E-state index in [4.69, 9.17) is 34.8 Å². The van der Waals surface area contributed by atoms with E-state index >= 15 is 0 Å². The van der Waals surface area contributed by atoms with Crippen LogP contribution in [0.2, 0.25) is 15.1 Å². The number of benzene rings is 2. The van der Waals surface area contributed by atoms with Crippen molar-refractivity contribution < 1.29 is 9.59 Å². The number of carbonyl (C=O) groups excluding carboxylic acids is 2. The van der Waals surface area contributed by atoms with E-state index in [9.17, 15) is 9.59 Å². The minimum absolute atomic E-state index is 0.0998. The van der Waals surface area contributed by atoms with E-state index in [2.05, 4.69) is 20.9 Å². The number of nitrogens with one attached hydrogen (secondary N) is 2. The summed E-state index contributed by atoms with van der Waals surface area (Å²) in [6, 6.07) is 9.94. The SMILES string of the molecule is Cc1ccc(Cl)cc1NC(=O)Cn1nnc(C(=O)Nc2ccc(Cl)c(Cl)c2)c1C. The van der Waals surface area contributed by atoms with Gasteiger partial charge in [-0.25, -0.2) is 4.68 Å². The lowest BCUT2D eigenvalue weighted by Crippen LogP contribution is -2.21. The predicted octanol–water partition coefficient (Wildman–Crippen LogP) is 4.75. The Morgan fingerprint density at radius 3 is 2.48 bits per heavy atom. The summed E-state index contributed by atoms with van der Waals surface area (Å²) in [7, 11) is 0. The van der Waals surface area contributed by atoms with Gasteiger partial charge >= 0.3 is 0 Å². The first-order chi connectivity index (χ1) is 13.7. The van der Waals surface area contributed by atoms with Crippen LogP contribution in [0.25, 0.3) is 0 Å². The normalized spacial score (nSPS) is 10.7. The fraction of sp³-hybridized carbons (Fsp3) is 0.158. The van der Waals surface area contributed by atoms with Crippen molar-refractivity contribution in [3.05, 3.63) is 68.4 Å². The maximum atomic E-state index is 12.5. The van der Waals surface area contributed by atoms with Crippen LogP contribution in [0, 0.1) is 13.8 Å². The van der Waals surface area contributed by atoms with E-state index in [1.54, 1.807) is 31.2 Å². The van der Waals surface area contributed by atoms with E-state index in [0.717, 1.165) is 5.56 Å². The molecule has 2 amide bonds. The minimum atomic E-state index is -0.474. The van der Waals surface area contributed by atoms with Crippen LogP contribution >= 0.6 is 34.8 Å². The minimum Gasteiger partial charge on any atom is -0.324 e. The monoisotopic (exact) mass is 451 g/mol. The zero-order chi connectivity index (χ0) is 21.1. The van der Waals surface area contributed by atoms with Crippen LogP contribution in [0.3, 0.4) is 0 Å². The molecular formula is C19H16Cl3N5O2. The Hall–Kier alpha value is -2.61. The number of nitrogens with zero attached hydrogens (tertiary/aromatic N) is 3. The fourth-order valence-electron chi connectivity index (χ4n) is 2.54. The standard InChI is InChI=1S/C19H16Cl3N5O2/c1-10-3-4-12(20)7-16(10)24-17(28)9-27-11(2)18(25-26-27)19(29)23-13-5-6-14(21)15(22)8-13/h3-8H,9H2,1-2H3,(H,23,29)(H,24,28). The number of anilines is 2. The molecule has 150 valence electrons. The molecule has 0 aliphatic rings. The Bertz CT molecular complexity index is 1100. The van der Waals surface area contributed by atoms with Gasteiger partial charge in [0, 0.05) is 16.4 Å². The number of rotatable bonds is 5. The van der Waals surface area contributed by atoms with E-state index in [1.165, 1.54) is 10.7 Å². The third kappa shape index (κ3) is 5.06. The van der Waals surface area contributed by atoms with Gasteiger partial charge in [-0.1, -0.05) is 46.1 Å². The smallest absolute Gasteiger partial charge is 0.278 e. The maximum absolute atomic E-state index is 12.5. The summed E-state index contributed by atoms with van der Waals surface area (Å²) < 4.78 is 1.35. The summed E-state index contributed by atoms with van der Waals surface area (Å²) >= 11 is 17.8. The number of hydrogen-bond donors (Lipinski definition) is 2. The van der Waals surface area contributed by atoms with Crippen LogP contribution in [0.4, 0.5) is 11.4 Å². The molecule has 3 aromatic rings. The number of amides is 2. The highest BCUT2D eigenvalue weighted by Gasteiger charge is 2.18. The quantitative estimate of drug-likeness (QED) is 0.585. The number of aromatic nitrogens is 3.